The molecule has 0 saturated heterocycles. The van der Waals surface area contributed by atoms with E-state index in [0.717, 1.165) is 24.8 Å². The highest BCUT2D eigenvalue weighted by molar-refractivity contribution is 6.00. The van der Waals surface area contributed by atoms with Crippen LogP contribution in [0.5, 0.6) is 5.75 Å². The zero-order valence-electron chi connectivity index (χ0n) is 21.9. The maximum absolute atomic E-state index is 13.8. The van der Waals surface area contributed by atoms with Crippen LogP contribution in [0.25, 0.3) is 0 Å². The smallest absolute Gasteiger partial charge is 0.408 e. The van der Waals surface area contributed by atoms with Gasteiger partial charge in [-0.25, -0.2) is 4.79 Å². The summed E-state index contributed by atoms with van der Waals surface area (Å²) in [6.07, 6.45) is 1.67. The van der Waals surface area contributed by atoms with E-state index in [1.54, 1.807) is 58.9 Å². The first kappa shape index (κ1) is 27.0. The number of carbonyl (C=O) groups excluding carboxylic acids is 3. The average Bonchev–Trinajstić information content (AvgIpc) is 2.74. The first-order chi connectivity index (χ1) is 16.9. The van der Waals surface area contributed by atoms with Crippen LogP contribution in [0.3, 0.4) is 0 Å². The number of amides is 3. The predicted octanol–water partition coefficient (Wildman–Crippen LogP) is 4.98. The summed E-state index contributed by atoms with van der Waals surface area (Å²) in [6.45, 7) is 10.4. The Morgan fingerprint density at radius 2 is 1.67 bits per heavy atom. The molecular formula is C28H37N3O5. The Bertz CT molecular complexity index is 1120. The summed E-state index contributed by atoms with van der Waals surface area (Å²) >= 11 is 0. The van der Waals surface area contributed by atoms with E-state index in [0.29, 0.717) is 16.8 Å². The average molecular weight is 496 g/mol. The van der Waals surface area contributed by atoms with E-state index in [9.17, 15) is 19.5 Å². The van der Waals surface area contributed by atoms with Crippen LogP contribution < -0.4 is 10.6 Å². The molecule has 2 atom stereocenters. The monoisotopic (exact) mass is 495 g/mol. The topological polar surface area (TPSA) is 108 Å². The Morgan fingerprint density at radius 1 is 1.03 bits per heavy atom. The molecule has 2 aromatic carbocycles. The highest BCUT2D eigenvalue weighted by Gasteiger charge is 2.42. The fourth-order valence-electron chi connectivity index (χ4n) is 4.19. The van der Waals surface area contributed by atoms with E-state index in [-0.39, 0.29) is 11.8 Å². The molecule has 0 radical (unpaired) electrons. The summed E-state index contributed by atoms with van der Waals surface area (Å²) < 4.78 is 5.32. The number of ether oxygens (including phenoxy) is 1. The predicted molar refractivity (Wildman–Crippen MR) is 139 cm³/mol. The van der Waals surface area contributed by atoms with Crippen LogP contribution in [-0.2, 0) is 14.3 Å². The largest absolute Gasteiger partial charge is 0.507 e. The Kier molecular flexibility index (Phi) is 8.28. The van der Waals surface area contributed by atoms with Crippen LogP contribution >= 0.6 is 0 Å². The van der Waals surface area contributed by atoms with E-state index in [4.69, 9.17) is 4.74 Å². The summed E-state index contributed by atoms with van der Waals surface area (Å²) in [5, 5.41) is 16.5. The van der Waals surface area contributed by atoms with E-state index < -0.39 is 35.6 Å². The van der Waals surface area contributed by atoms with Gasteiger partial charge in [0.2, 0.25) is 5.91 Å². The van der Waals surface area contributed by atoms with Crippen molar-refractivity contribution in [3.05, 3.63) is 59.2 Å². The van der Waals surface area contributed by atoms with Crippen molar-refractivity contribution in [2.75, 3.05) is 5.32 Å². The highest BCUT2D eigenvalue weighted by Crippen LogP contribution is 2.38. The molecule has 0 aliphatic heterocycles. The number of hydrogen-bond acceptors (Lipinski definition) is 5. The molecule has 36 heavy (non-hydrogen) atoms. The van der Waals surface area contributed by atoms with Gasteiger partial charge in [0.15, 0.2) is 0 Å². The van der Waals surface area contributed by atoms with Crippen molar-refractivity contribution in [1.82, 2.24) is 10.2 Å². The lowest BCUT2D eigenvalue weighted by molar-refractivity contribution is -0.145. The SMILES string of the molecule is Cc1ccccc1NC(=O)C(c1cccc(C)c1O)N(C(=O)C(C)NC(=O)OC(C)(C)C)C1CCC1. The number of anilines is 1. The molecule has 1 aliphatic carbocycles. The molecule has 1 saturated carbocycles. The summed E-state index contributed by atoms with van der Waals surface area (Å²) in [5.41, 5.74) is 1.72. The van der Waals surface area contributed by atoms with Gasteiger partial charge < -0.3 is 25.4 Å². The van der Waals surface area contributed by atoms with Crippen molar-refractivity contribution in [2.24, 2.45) is 0 Å². The second kappa shape index (κ2) is 11.0. The number of carbonyl (C=O) groups is 3. The van der Waals surface area contributed by atoms with E-state index >= 15 is 0 Å². The van der Waals surface area contributed by atoms with Gasteiger partial charge in [-0.15, -0.1) is 0 Å². The summed E-state index contributed by atoms with van der Waals surface area (Å²) in [7, 11) is 0. The zero-order chi connectivity index (χ0) is 26.6. The lowest BCUT2D eigenvalue weighted by atomic mass is 9.87. The Labute approximate surface area is 213 Å². The fraction of sp³-hybridized carbons (Fsp3) is 0.464. The first-order valence-corrected chi connectivity index (χ1v) is 12.4. The van der Waals surface area contributed by atoms with Gasteiger partial charge in [-0.1, -0.05) is 36.4 Å². The molecule has 8 heteroatoms. The van der Waals surface area contributed by atoms with Gasteiger partial charge in [-0.05, 0) is 78.0 Å². The molecule has 2 aromatic rings. The third-order valence-corrected chi connectivity index (χ3v) is 6.32. The van der Waals surface area contributed by atoms with Crippen LogP contribution in [0.15, 0.2) is 42.5 Å². The number of phenols is 1. The van der Waals surface area contributed by atoms with Crippen LogP contribution in [0, 0.1) is 13.8 Å². The van der Waals surface area contributed by atoms with Crippen molar-refractivity contribution in [2.45, 2.75) is 84.5 Å². The zero-order valence-corrected chi connectivity index (χ0v) is 21.9. The lowest BCUT2D eigenvalue weighted by Crippen LogP contribution is -2.56. The van der Waals surface area contributed by atoms with Crippen molar-refractivity contribution >= 4 is 23.6 Å². The molecule has 3 N–H and O–H groups in total. The molecular weight excluding hydrogens is 458 g/mol. The minimum absolute atomic E-state index is 0.0349. The van der Waals surface area contributed by atoms with E-state index in [1.807, 2.05) is 25.1 Å². The van der Waals surface area contributed by atoms with Gasteiger partial charge in [0.25, 0.3) is 5.91 Å². The Morgan fingerprint density at radius 3 is 2.25 bits per heavy atom. The molecule has 0 bridgehead atoms. The third-order valence-electron chi connectivity index (χ3n) is 6.32. The number of aryl methyl sites for hydroxylation is 2. The maximum atomic E-state index is 13.8. The normalized spacial score (nSPS) is 15.3. The van der Waals surface area contributed by atoms with E-state index in [1.165, 1.54) is 4.90 Å². The van der Waals surface area contributed by atoms with Gasteiger partial charge >= 0.3 is 6.09 Å². The molecule has 8 nitrogen and oxygen atoms in total. The molecule has 1 aliphatic rings. The number of para-hydroxylation sites is 2. The molecule has 0 spiro atoms. The Hall–Kier alpha value is -3.55. The van der Waals surface area contributed by atoms with E-state index in [2.05, 4.69) is 10.6 Å². The second-order valence-electron chi connectivity index (χ2n) is 10.4. The van der Waals surface area contributed by atoms with Gasteiger partial charge in [0.05, 0.1) is 0 Å². The summed E-state index contributed by atoms with van der Waals surface area (Å²) in [5.74, 6) is -0.890. The lowest BCUT2D eigenvalue weighted by Gasteiger charge is -2.43. The number of rotatable bonds is 7. The van der Waals surface area contributed by atoms with Crippen molar-refractivity contribution < 1.29 is 24.2 Å². The third kappa shape index (κ3) is 6.36. The molecule has 194 valence electrons. The minimum Gasteiger partial charge on any atom is -0.507 e. The number of phenolic OH excluding ortho intramolecular Hbond substituents is 1. The standard InChI is InChI=1S/C28H37N3O5/c1-17-11-7-8-16-22(17)30-25(33)23(21-15-9-12-18(2)24(21)32)31(20-13-10-14-20)26(34)19(3)29-27(35)36-28(4,5)6/h7-9,11-12,15-16,19-20,23,32H,10,13-14H2,1-6H3,(H,29,35)(H,30,33). The number of aromatic hydroxyl groups is 1. The highest BCUT2D eigenvalue weighted by atomic mass is 16.6. The fourth-order valence-corrected chi connectivity index (χ4v) is 4.19. The molecule has 1 fully saturated rings. The number of hydrogen-bond donors (Lipinski definition) is 3. The quantitative estimate of drug-likeness (QED) is 0.502. The van der Waals surface area contributed by atoms with Crippen LogP contribution in [-0.4, -0.2) is 45.6 Å². The van der Waals surface area contributed by atoms with Crippen LogP contribution in [0.2, 0.25) is 0 Å². The number of nitrogens with one attached hydrogen (secondary N) is 2. The number of nitrogens with zero attached hydrogens (tertiary/aromatic N) is 1. The van der Waals surface area contributed by atoms with Crippen molar-refractivity contribution in [3.8, 4) is 5.75 Å². The van der Waals surface area contributed by atoms with Crippen molar-refractivity contribution in [3.63, 3.8) is 0 Å². The van der Waals surface area contributed by atoms with Gasteiger partial charge in [-0.2, -0.15) is 0 Å². The number of benzene rings is 2. The van der Waals surface area contributed by atoms with Crippen LogP contribution in [0.1, 0.15) is 69.7 Å². The van der Waals surface area contributed by atoms with Gasteiger partial charge in [0, 0.05) is 17.3 Å². The molecule has 0 heterocycles. The van der Waals surface area contributed by atoms with Crippen LogP contribution in [0.4, 0.5) is 10.5 Å². The molecule has 0 aromatic heterocycles. The molecule has 3 amide bonds. The summed E-state index contributed by atoms with van der Waals surface area (Å²) in [4.78, 5) is 41.5. The van der Waals surface area contributed by atoms with Gasteiger partial charge in [0.1, 0.15) is 23.4 Å². The summed E-state index contributed by atoms with van der Waals surface area (Å²) in [6, 6.07) is 10.3. The first-order valence-electron chi connectivity index (χ1n) is 12.4. The van der Waals surface area contributed by atoms with Gasteiger partial charge in [-0.3, -0.25) is 9.59 Å². The molecule has 3 rings (SSSR count). The molecule has 2 unspecified atom stereocenters. The van der Waals surface area contributed by atoms with Crippen molar-refractivity contribution in [1.29, 1.82) is 0 Å². The second-order valence-corrected chi connectivity index (χ2v) is 10.4. The Balaban J connectivity index is 2.00. The maximum Gasteiger partial charge on any atom is 0.408 e. The minimum atomic E-state index is -1.09. The number of alkyl carbamates (subject to hydrolysis) is 1.